The quantitative estimate of drug-likeness (QED) is 0.600. The van der Waals surface area contributed by atoms with E-state index >= 15 is 0 Å². The summed E-state index contributed by atoms with van der Waals surface area (Å²) in [5.41, 5.74) is 2.13. The summed E-state index contributed by atoms with van der Waals surface area (Å²) in [7, 11) is 0. The van der Waals surface area contributed by atoms with Gasteiger partial charge in [-0.2, -0.15) is 10.2 Å². The highest BCUT2D eigenvalue weighted by molar-refractivity contribution is 5.65. The van der Waals surface area contributed by atoms with Crippen molar-refractivity contribution < 1.29 is 0 Å². The lowest BCUT2D eigenvalue weighted by molar-refractivity contribution is 0.895. The van der Waals surface area contributed by atoms with E-state index in [1.165, 1.54) is 0 Å². The summed E-state index contributed by atoms with van der Waals surface area (Å²) < 4.78 is 0. The second-order valence-electron chi connectivity index (χ2n) is 2.87. The van der Waals surface area contributed by atoms with Crippen LogP contribution in [-0.4, -0.2) is 6.04 Å². The number of nitrogens with zero attached hydrogens (tertiary/aromatic N) is 2. The normalized spacial score (nSPS) is 21.1. The Labute approximate surface area is 71.6 Å². The summed E-state index contributed by atoms with van der Waals surface area (Å²) in [5.74, 6) is 0. The number of rotatable bonds is 1. The van der Waals surface area contributed by atoms with Crippen molar-refractivity contribution in [3.8, 4) is 0 Å². The highest BCUT2D eigenvalue weighted by Crippen LogP contribution is 2.22. The van der Waals surface area contributed by atoms with E-state index in [4.69, 9.17) is 0 Å². The Morgan fingerprint density at radius 2 is 1.92 bits per heavy atom. The minimum atomic E-state index is 0.236. The van der Waals surface area contributed by atoms with E-state index in [1.807, 2.05) is 37.3 Å². The fourth-order valence-electron chi connectivity index (χ4n) is 1.21. The third kappa shape index (κ3) is 1.28. The molecule has 1 aromatic rings. The Balaban J connectivity index is 2.34. The van der Waals surface area contributed by atoms with Crippen LogP contribution in [0.15, 0.2) is 46.6 Å². The van der Waals surface area contributed by atoms with E-state index in [0.717, 1.165) is 11.3 Å². The smallest absolute Gasteiger partial charge is 0.0907 e. The van der Waals surface area contributed by atoms with Crippen LogP contribution in [0.1, 0.15) is 12.5 Å². The Bertz CT molecular complexity index is 325. The van der Waals surface area contributed by atoms with Crippen LogP contribution >= 0.6 is 0 Å². The molecule has 0 unspecified atom stereocenters. The minimum absolute atomic E-state index is 0.236. The van der Waals surface area contributed by atoms with Crippen molar-refractivity contribution in [1.29, 1.82) is 0 Å². The van der Waals surface area contributed by atoms with Gasteiger partial charge in [0.2, 0.25) is 0 Å². The highest BCUT2D eigenvalue weighted by atomic mass is 15.1. The molecule has 2 heteroatoms. The molecule has 0 amide bonds. The lowest BCUT2D eigenvalue weighted by atomic mass is 10.1. The Morgan fingerprint density at radius 3 is 2.50 bits per heavy atom. The van der Waals surface area contributed by atoms with Crippen molar-refractivity contribution in [1.82, 2.24) is 0 Å². The van der Waals surface area contributed by atoms with Crippen LogP contribution < -0.4 is 0 Å². The molecule has 2 rings (SSSR count). The maximum absolute atomic E-state index is 4.07. The van der Waals surface area contributed by atoms with Crippen molar-refractivity contribution in [2.75, 3.05) is 0 Å². The van der Waals surface area contributed by atoms with Gasteiger partial charge in [0.25, 0.3) is 0 Å². The number of hydrogen-bond donors (Lipinski definition) is 0. The fraction of sp³-hybridized carbons (Fsp3) is 0.200. The molecule has 12 heavy (non-hydrogen) atoms. The van der Waals surface area contributed by atoms with E-state index in [-0.39, 0.29) is 6.04 Å². The van der Waals surface area contributed by atoms with Crippen LogP contribution in [0.2, 0.25) is 0 Å². The molecule has 2 nitrogen and oxygen atoms in total. The molecular weight excluding hydrogens is 148 g/mol. The predicted octanol–water partition coefficient (Wildman–Crippen LogP) is 2.88. The first-order valence-corrected chi connectivity index (χ1v) is 4.04. The molecule has 0 N–H and O–H groups in total. The largest absolute Gasteiger partial charge is 0.181 e. The fourth-order valence-corrected chi connectivity index (χ4v) is 1.21. The summed E-state index contributed by atoms with van der Waals surface area (Å²) in [4.78, 5) is 0. The van der Waals surface area contributed by atoms with Gasteiger partial charge in [-0.3, -0.25) is 0 Å². The van der Waals surface area contributed by atoms with Crippen molar-refractivity contribution in [3.63, 3.8) is 0 Å². The molecule has 0 aliphatic carbocycles. The third-order valence-electron chi connectivity index (χ3n) is 1.82. The van der Waals surface area contributed by atoms with Crippen molar-refractivity contribution in [2.45, 2.75) is 13.0 Å². The summed E-state index contributed by atoms with van der Waals surface area (Å²) in [6.07, 6.45) is 2.06. The topological polar surface area (TPSA) is 24.7 Å². The van der Waals surface area contributed by atoms with Gasteiger partial charge < -0.3 is 0 Å². The molecule has 1 aromatic carbocycles. The molecule has 1 atom stereocenters. The minimum Gasteiger partial charge on any atom is -0.181 e. The number of azo groups is 1. The molecule has 0 spiro atoms. The van der Waals surface area contributed by atoms with E-state index in [0.29, 0.717) is 0 Å². The van der Waals surface area contributed by atoms with Crippen LogP contribution in [0.25, 0.3) is 5.70 Å². The van der Waals surface area contributed by atoms with Gasteiger partial charge in [-0.25, -0.2) is 0 Å². The van der Waals surface area contributed by atoms with Crippen molar-refractivity contribution in [2.24, 2.45) is 10.2 Å². The van der Waals surface area contributed by atoms with Crippen LogP contribution in [-0.2, 0) is 0 Å². The monoisotopic (exact) mass is 158 g/mol. The van der Waals surface area contributed by atoms with Crippen molar-refractivity contribution in [3.05, 3.63) is 42.0 Å². The summed E-state index contributed by atoms with van der Waals surface area (Å²) in [6, 6.07) is 10.3. The summed E-state index contributed by atoms with van der Waals surface area (Å²) in [6.45, 7) is 2.03. The average Bonchev–Trinajstić information content (AvgIpc) is 2.54. The molecule has 0 radical (unpaired) electrons. The Hall–Kier alpha value is -1.44. The molecule has 0 bridgehead atoms. The molecule has 0 fully saturated rings. The molecule has 0 saturated heterocycles. The average molecular weight is 158 g/mol. The van der Waals surface area contributed by atoms with Crippen molar-refractivity contribution >= 4 is 5.70 Å². The van der Waals surface area contributed by atoms with Gasteiger partial charge >= 0.3 is 0 Å². The van der Waals surface area contributed by atoms with Gasteiger partial charge in [0.1, 0.15) is 0 Å². The van der Waals surface area contributed by atoms with Gasteiger partial charge in [0.15, 0.2) is 0 Å². The SMILES string of the molecule is C[C@@H]1C=C(c2ccccc2)N=N1. The molecule has 1 heterocycles. The lowest BCUT2D eigenvalue weighted by Gasteiger charge is -1.94. The maximum Gasteiger partial charge on any atom is 0.0907 e. The van der Waals surface area contributed by atoms with Gasteiger partial charge in [-0.15, -0.1) is 0 Å². The van der Waals surface area contributed by atoms with Crippen LogP contribution in [0, 0.1) is 0 Å². The molecule has 0 aromatic heterocycles. The summed E-state index contributed by atoms with van der Waals surface area (Å²) in [5, 5.41) is 8.10. The zero-order chi connectivity index (χ0) is 8.39. The maximum atomic E-state index is 4.07. The van der Waals surface area contributed by atoms with Crippen LogP contribution in [0.4, 0.5) is 0 Å². The predicted molar refractivity (Wildman–Crippen MR) is 48.7 cm³/mol. The van der Waals surface area contributed by atoms with E-state index in [9.17, 15) is 0 Å². The molecule has 1 aliphatic heterocycles. The van der Waals surface area contributed by atoms with Gasteiger partial charge in [-0.05, 0) is 13.0 Å². The first kappa shape index (κ1) is 7.22. The molecule has 60 valence electrons. The zero-order valence-electron chi connectivity index (χ0n) is 6.94. The lowest BCUT2D eigenvalue weighted by Crippen LogP contribution is -1.84. The highest BCUT2D eigenvalue weighted by Gasteiger charge is 2.08. The first-order chi connectivity index (χ1) is 5.86. The first-order valence-electron chi connectivity index (χ1n) is 4.04. The van der Waals surface area contributed by atoms with Gasteiger partial charge in [-0.1, -0.05) is 30.3 Å². The number of benzene rings is 1. The number of hydrogen-bond acceptors (Lipinski definition) is 2. The van der Waals surface area contributed by atoms with E-state index in [1.54, 1.807) is 0 Å². The van der Waals surface area contributed by atoms with Crippen LogP contribution in [0.3, 0.4) is 0 Å². The second-order valence-corrected chi connectivity index (χ2v) is 2.87. The van der Waals surface area contributed by atoms with Gasteiger partial charge in [0, 0.05) is 5.56 Å². The zero-order valence-corrected chi connectivity index (χ0v) is 6.94. The Kier molecular flexibility index (Phi) is 1.74. The second kappa shape index (κ2) is 2.89. The molecular formula is C10H10N2. The Morgan fingerprint density at radius 1 is 1.17 bits per heavy atom. The van der Waals surface area contributed by atoms with E-state index < -0.39 is 0 Å². The summed E-state index contributed by atoms with van der Waals surface area (Å²) >= 11 is 0. The van der Waals surface area contributed by atoms with E-state index in [2.05, 4.69) is 16.3 Å². The molecule has 0 saturated carbocycles. The molecule has 1 aliphatic rings. The third-order valence-corrected chi connectivity index (χ3v) is 1.82. The standard InChI is InChI=1S/C10H10N2/c1-8-7-10(12-11-8)9-5-3-2-4-6-9/h2-8H,1H3/t8-/m1/s1. The van der Waals surface area contributed by atoms with Gasteiger partial charge in [0.05, 0.1) is 11.7 Å². The van der Waals surface area contributed by atoms with Crippen LogP contribution in [0.5, 0.6) is 0 Å².